The zero-order chi connectivity index (χ0) is 13.0. The Morgan fingerprint density at radius 3 is 2.78 bits per heavy atom. The summed E-state index contributed by atoms with van der Waals surface area (Å²) >= 11 is 0. The molecule has 2 rings (SSSR count). The van der Waals surface area contributed by atoms with Gasteiger partial charge in [0.05, 0.1) is 24.0 Å². The number of aromatic nitrogens is 3. The van der Waals surface area contributed by atoms with E-state index in [2.05, 4.69) is 28.8 Å². The van der Waals surface area contributed by atoms with E-state index in [1.807, 2.05) is 0 Å². The maximum Gasteiger partial charge on any atom is 0.0875 e. The molecule has 2 heterocycles. The molecule has 0 aliphatic carbocycles. The molecule has 5 heteroatoms. The van der Waals surface area contributed by atoms with Crippen LogP contribution in [0.15, 0.2) is 0 Å². The minimum absolute atomic E-state index is 0.444. The number of hydrogen-bond donors (Lipinski definition) is 1. The SMILES string of the molecule is CCC(CC)n1nnc(CCN)c1C1CCOC1. The number of rotatable bonds is 6. The minimum Gasteiger partial charge on any atom is -0.381 e. The van der Waals surface area contributed by atoms with Crippen LogP contribution >= 0.6 is 0 Å². The van der Waals surface area contributed by atoms with Gasteiger partial charge in [-0.1, -0.05) is 19.1 Å². The Labute approximate surface area is 109 Å². The lowest BCUT2D eigenvalue weighted by Crippen LogP contribution is -2.17. The molecule has 0 radical (unpaired) electrons. The summed E-state index contributed by atoms with van der Waals surface area (Å²) in [4.78, 5) is 0. The summed E-state index contributed by atoms with van der Waals surface area (Å²) in [6, 6.07) is 0.444. The van der Waals surface area contributed by atoms with Crippen LogP contribution in [-0.4, -0.2) is 34.8 Å². The lowest BCUT2D eigenvalue weighted by Gasteiger charge is -2.19. The Balaban J connectivity index is 2.32. The molecular weight excluding hydrogens is 228 g/mol. The third kappa shape index (κ3) is 2.57. The molecular formula is C13H24N4O. The molecule has 0 amide bonds. The Morgan fingerprint density at radius 2 is 2.22 bits per heavy atom. The van der Waals surface area contributed by atoms with Crippen LogP contribution in [-0.2, 0) is 11.2 Å². The first-order valence-corrected chi connectivity index (χ1v) is 7.03. The van der Waals surface area contributed by atoms with Crippen LogP contribution in [0.5, 0.6) is 0 Å². The summed E-state index contributed by atoms with van der Waals surface area (Å²) in [6.45, 7) is 6.68. The molecule has 0 spiro atoms. The van der Waals surface area contributed by atoms with Crippen molar-refractivity contribution in [3.63, 3.8) is 0 Å². The first-order chi connectivity index (χ1) is 8.81. The van der Waals surface area contributed by atoms with Crippen molar-refractivity contribution in [2.45, 2.75) is 51.5 Å². The summed E-state index contributed by atoms with van der Waals surface area (Å²) < 4.78 is 7.65. The highest BCUT2D eigenvalue weighted by molar-refractivity contribution is 5.18. The van der Waals surface area contributed by atoms with E-state index in [-0.39, 0.29) is 0 Å². The number of ether oxygens (including phenoxy) is 1. The largest absolute Gasteiger partial charge is 0.381 e. The normalized spacial score (nSPS) is 19.9. The van der Waals surface area contributed by atoms with Gasteiger partial charge in [-0.2, -0.15) is 0 Å². The van der Waals surface area contributed by atoms with Crippen molar-refractivity contribution in [2.24, 2.45) is 5.73 Å². The topological polar surface area (TPSA) is 66.0 Å². The lowest BCUT2D eigenvalue weighted by atomic mass is 10.00. The highest BCUT2D eigenvalue weighted by Gasteiger charge is 2.27. The first kappa shape index (κ1) is 13.5. The number of nitrogens with zero attached hydrogens (tertiary/aromatic N) is 3. The van der Waals surface area contributed by atoms with E-state index < -0.39 is 0 Å². The fraction of sp³-hybridized carbons (Fsp3) is 0.846. The molecule has 1 aliphatic rings. The van der Waals surface area contributed by atoms with Gasteiger partial charge in [0.15, 0.2) is 0 Å². The van der Waals surface area contributed by atoms with Gasteiger partial charge in [-0.05, 0) is 25.8 Å². The Kier molecular flexibility index (Phi) is 4.72. The van der Waals surface area contributed by atoms with Crippen molar-refractivity contribution >= 4 is 0 Å². The van der Waals surface area contributed by atoms with Gasteiger partial charge in [-0.25, -0.2) is 4.68 Å². The summed E-state index contributed by atoms with van der Waals surface area (Å²) in [7, 11) is 0. The second-order valence-electron chi connectivity index (χ2n) is 4.94. The van der Waals surface area contributed by atoms with Gasteiger partial charge in [0, 0.05) is 18.9 Å². The molecule has 1 aromatic rings. The average molecular weight is 252 g/mol. The average Bonchev–Trinajstić information content (AvgIpc) is 3.00. The molecule has 1 aromatic heterocycles. The van der Waals surface area contributed by atoms with Crippen LogP contribution in [0.4, 0.5) is 0 Å². The van der Waals surface area contributed by atoms with Crippen molar-refractivity contribution < 1.29 is 4.74 Å². The molecule has 5 nitrogen and oxygen atoms in total. The van der Waals surface area contributed by atoms with E-state index in [1.54, 1.807) is 0 Å². The van der Waals surface area contributed by atoms with Gasteiger partial charge in [0.1, 0.15) is 0 Å². The molecule has 1 fully saturated rings. The van der Waals surface area contributed by atoms with Crippen molar-refractivity contribution in [1.82, 2.24) is 15.0 Å². The standard InChI is InChI=1S/C13H24N4O/c1-3-11(4-2)17-13(10-6-8-18-9-10)12(5-7-14)15-16-17/h10-11H,3-9,14H2,1-2H3. The predicted octanol–water partition coefficient (Wildman–Crippen LogP) is 1.64. The molecule has 0 saturated carbocycles. The summed E-state index contributed by atoms with van der Waals surface area (Å²) in [5.41, 5.74) is 8.01. The van der Waals surface area contributed by atoms with Crippen LogP contribution in [0.3, 0.4) is 0 Å². The van der Waals surface area contributed by atoms with E-state index >= 15 is 0 Å². The Morgan fingerprint density at radius 1 is 1.44 bits per heavy atom. The molecule has 18 heavy (non-hydrogen) atoms. The van der Waals surface area contributed by atoms with Crippen LogP contribution in [0, 0.1) is 0 Å². The molecule has 1 aliphatic heterocycles. The quantitative estimate of drug-likeness (QED) is 0.836. The van der Waals surface area contributed by atoms with Gasteiger partial charge in [0.2, 0.25) is 0 Å². The molecule has 1 atom stereocenters. The van der Waals surface area contributed by atoms with Crippen molar-refractivity contribution in [2.75, 3.05) is 19.8 Å². The van der Waals surface area contributed by atoms with Crippen LogP contribution < -0.4 is 5.73 Å². The second-order valence-corrected chi connectivity index (χ2v) is 4.94. The van der Waals surface area contributed by atoms with Crippen molar-refractivity contribution in [3.8, 4) is 0 Å². The van der Waals surface area contributed by atoms with Crippen LogP contribution in [0.2, 0.25) is 0 Å². The third-order valence-corrected chi connectivity index (χ3v) is 3.79. The van der Waals surface area contributed by atoms with Crippen molar-refractivity contribution in [3.05, 3.63) is 11.4 Å². The first-order valence-electron chi connectivity index (χ1n) is 7.03. The van der Waals surface area contributed by atoms with Gasteiger partial charge >= 0.3 is 0 Å². The molecule has 0 aromatic carbocycles. The molecule has 2 N–H and O–H groups in total. The van der Waals surface area contributed by atoms with Crippen LogP contribution in [0.25, 0.3) is 0 Å². The Hall–Kier alpha value is -0.940. The highest BCUT2D eigenvalue weighted by Crippen LogP contribution is 2.30. The van der Waals surface area contributed by atoms with Gasteiger partial charge in [-0.3, -0.25) is 0 Å². The molecule has 102 valence electrons. The van der Waals surface area contributed by atoms with Gasteiger partial charge < -0.3 is 10.5 Å². The highest BCUT2D eigenvalue weighted by atomic mass is 16.5. The maximum atomic E-state index is 5.67. The van der Waals surface area contributed by atoms with E-state index in [1.165, 1.54) is 5.69 Å². The fourth-order valence-electron chi connectivity index (χ4n) is 2.73. The lowest BCUT2D eigenvalue weighted by molar-refractivity contribution is 0.192. The number of nitrogens with two attached hydrogens (primary N) is 1. The summed E-state index contributed by atoms with van der Waals surface area (Å²) in [5.74, 6) is 0.446. The smallest absolute Gasteiger partial charge is 0.0875 e. The second kappa shape index (κ2) is 6.29. The molecule has 1 unspecified atom stereocenters. The molecule has 1 saturated heterocycles. The van der Waals surface area contributed by atoms with Gasteiger partial charge in [0.25, 0.3) is 0 Å². The monoisotopic (exact) mass is 252 g/mol. The van der Waals surface area contributed by atoms with Crippen molar-refractivity contribution in [1.29, 1.82) is 0 Å². The van der Waals surface area contributed by atoms with Gasteiger partial charge in [-0.15, -0.1) is 5.10 Å². The summed E-state index contributed by atoms with van der Waals surface area (Å²) in [6.07, 6.45) is 4.06. The number of hydrogen-bond acceptors (Lipinski definition) is 4. The third-order valence-electron chi connectivity index (χ3n) is 3.79. The van der Waals surface area contributed by atoms with E-state index in [4.69, 9.17) is 10.5 Å². The fourth-order valence-corrected chi connectivity index (χ4v) is 2.73. The van der Waals surface area contributed by atoms with Crippen LogP contribution in [0.1, 0.15) is 56.5 Å². The zero-order valence-corrected chi connectivity index (χ0v) is 11.4. The minimum atomic E-state index is 0.444. The Bertz CT molecular complexity index is 367. The van der Waals surface area contributed by atoms with E-state index in [0.717, 1.165) is 44.6 Å². The maximum absolute atomic E-state index is 5.67. The zero-order valence-electron chi connectivity index (χ0n) is 11.4. The molecule has 0 bridgehead atoms. The summed E-state index contributed by atoms with van der Waals surface area (Å²) in [5, 5.41) is 8.72. The predicted molar refractivity (Wildman–Crippen MR) is 70.6 cm³/mol. The van der Waals surface area contributed by atoms with E-state index in [0.29, 0.717) is 18.5 Å². The van der Waals surface area contributed by atoms with E-state index in [9.17, 15) is 0 Å².